The number of hydrogen-bond acceptors (Lipinski definition) is 3. The van der Waals surface area contributed by atoms with E-state index in [1.807, 2.05) is 45.9 Å². The molecule has 0 bridgehead atoms. The van der Waals surface area contributed by atoms with Gasteiger partial charge in [0.15, 0.2) is 0 Å². The lowest BCUT2D eigenvalue weighted by atomic mass is 9.73. The molecule has 1 fully saturated rings. The van der Waals surface area contributed by atoms with Crippen LogP contribution in [-0.2, 0) is 9.31 Å². The van der Waals surface area contributed by atoms with E-state index in [0.717, 1.165) is 11.0 Å². The van der Waals surface area contributed by atoms with E-state index in [9.17, 15) is 0 Å². The molecule has 1 saturated heterocycles. The standard InChI is InChI=1S/C16H22BNO2/c1-11(2)13-9-12(10-18)7-8-14(13)17-19-15(3,4)16(5,6)20-17/h7-9,11H,1-6H3. The summed E-state index contributed by atoms with van der Waals surface area (Å²) >= 11 is 0. The minimum atomic E-state index is -0.370. The largest absolute Gasteiger partial charge is 0.495 e. The van der Waals surface area contributed by atoms with Crippen molar-refractivity contribution in [1.82, 2.24) is 0 Å². The summed E-state index contributed by atoms with van der Waals surface area (Å²) in [6.45, 7) is 12.4. The zero-order valence-electron chi connectivity index (χ0n) is 13.2. The van der Waals surface area contributed by atoms with E-state index in [2.05, 4.69) is 19.9 Å². The molecule has 0 saturated carbocycles. The summed E-state index contributed by atoms with van der Waals surface area (Å²) < 4.78 is 12.2. The van der Waals surface area contributed by atoms with Crippen molar-refractivity contribution in [2.45, 2.75) is 58.7 Å². The van der Waals surface area contributed by atoms with Crippen molar-refractivity contribution in [1.29, 1.82) is 5.26 Å². The van der Waals surface area contributed by atoms with Gasteiger partial charge in [0.25, 0.3) is 0 Å². The zero-order valence-corrected chi connectivity index (χ0v) is 13.2. The molecular weight excluding hydrogens is 249 g/mol. The molecule has 0 atom stereocenters. The number of nitriles is 1. The third kappa shape index (κ3) is 2.48. The van der Waals surface area contributed by atoms with E-state index in [4.69, 9.17) is 14.6 Å². The highest BCUT2D eigenvalue weighted by Gasteiger charge is 2.52. The van der Waals surface area contributed by atoms with E-state index in [1.165, 1.54) is 0 Å². The molecule has 1 aliphatic heterocycles. The van der Waals surface area contributed by atoms with Crippen molar-refractivity contribution in [3.8, 4) is 6.07 Å². The van der Waals surface area contributed by atoms with Crippen LogP contribution in [0.2, 0.25) is 0 Å². The van der Waals surface area contributed by atoms with Crippen LogP contribution in [0.25, 0.3) is 0 Å². The Labute approximate surface area is 122 Å². The van der Waals surface area contributed by atoms with Crippen molar-refractivity contribution in [2.24, 2.45) is 0 Å². The summed E-state index contributed by atoms with van der Waals surface area (Å²) in [4.78, 5) is 0. The first-order valence-corrected chi connectivity index (χ1v) is 7.07. The summed E-state index contributed by atoms with van der Waals surface area (Å²) in [5, 5.41) is 9.05. The molecule has 20 heavy (non-hydrogen) atoms. The van der Waals surface area contributed by atoms with Gasteiger partial charge in [-0.2, -0.15) is 5.26 Å². The van der Waals surface area contributed by atoms with Gasteiger partial charge in [-0.15, -0.1) is 0 Å². The molecule has 1 heterocycles. The lowest BCUT2D eigenvalue weighted by Gasteiger charge is -2.32. The minimum Gasteiger partial charge on any atom is -0.399 e. The lowest BCUT2D eigenvalue weighted by Crippen LogP contribution is -2.41. The van der Waals surface area contributed by atoms with E-state index in [-0.39, 0.29) is 18.3 Å². The van der Waals surface area contributed by atoms with Crippen LogP contribution in [-0.4, -0.2) is 18.3 Å². The van der Waals surface area contributed by atoms with Crippen molar-refractivity contribution >= 4 is 12.6 Å². The van der Waals surface area contributed by atoms with Crippen molar-refractivity contribution in [3.63, 3.8) is 0 Å². The fourth-order valence-corrected chi connectivity index (χ4v) is 2.33. The zero-order chi connectivity index (χ0) is 15.1. The highest BCUT2D eigenvalue weighted by molar-refractivity contribution is 6.62. The second-order valence-corrected chi connectivity index (χ2v) is 6.70. The van der Waals surface area contributed by atoms with E-state index in [0.29, 0.717) is 11.5 Å². The van der Waals surface area contributed by atoms with E-state index in [1.54, 1.807) is 0 Å². The molecule has 2 rings (SSSR count). The third-order valence-electron chi connectivity index (χ3n) is 4.35. The van der Waals surface area contributed by atoms with Gasteiger partial charge in [-0.1, -0.05) is 19.9 Å². The molecule has 0 unspecified atom stereocenters. The maximum absolute atomic E-state index is 9.05. The molecule has 0 spiro atoms. The van der Waals surface area contributed by atoms with Gasteiger partial charge in [0.1, 0.15) is 0 Å². The van der Waals surface area contributed by atoms with Crippen LogP contribution in [0.15, 0.2) is 18.2 Å². The Balaban J connectivity index is 2.43. The monoisotopic (exact) mass is 271 g/mol. The maximum atomic E-state index is 9.05. The normalized spacial score (nSPS) is 20.2. The average Bonchev–Trinajstić information content (AvgIpc) is 2.57. The number of nitrogens with zero attached hydrogens (tertiary/aromatic N) is 1. The topological polar surface area (TPSA) is 42.2 Å². The maximum Gasteiger partial charge on any atom is 0.495 e. The van der Waals surface area contributed by atoms with Crippen LogP contribution < -0.4 is 5.46 Å². The van der Waals surface area contributed by atoms with Crippen LogP contribution in [0.5, 0.6) is 0 Å². The summed E-state index contributed by atoms with van der Waals surface area (Å²) in [5.41, 5.74) is 2.12. The van der Waals surface area contributed by atoms with Gasteiger partial charge < -0.3 is 9.31 Å². The Kier molecular flexibility index (Phi) is 3.70. The molecule has 1 aliphatic rings. The molecule has 106 valence electrons. The van der Waals surface area contributed by atoms with Gasteiger partial charge in [-0.25, -0.2) is 0 Å². The molecular formula is C16H22BNO2. The highest BCUT2D eigenvalue weighted by Crippen LogP contribution is 2.37. The average molecular weight is 271 g/mol. The Morgan fingerprint density at radius 2 is 1.65 bits per heavy atom. The van der Waals surface area contributed by atoms with Gasteiger partial charge in [0.2, 0.25) is 0 Å². The first-order valence-electron chi connectivity index (χ1n) is 7.07. The molecule has 1 aromatic rings. The highest BCUT2D eigenvalue weighted by atomic mass is 16.7. The van der Waals surface area contributed by atoms with Gasteiger partial charge in [-0.05, 0) is 56.8 Å². The van der Waals surface area contributed by atoms with Gasteiger partial charge in [0, 0.05) is 0 Å². The molecule has 1 aromatic carbocycles. The molecule has 4 heteroatoms. The Bertz CT molecular complexity index is 542. The number of rotatable bonds is 2. The summed E-state index contributed by atoms with van der Waals surface area (Å²) in [5.74, 6) is 0.317. The third-order valence-corrected chi connectivity index (χ3v) is 4.35. The molecule has 3 nitrogen and oxygen atoms in total. The Hall–Kier alpha value is -1.31. The Morgan fingerprint density at radius 3 is 2.10 bits per heavy atom. The first kappa shape index (κ1) is 15.1. The fraction of sp³-hybridized carbons (Fsp3) is 0.562. The SMILES string of the molecule is CC(C)c1cc(C#N)ccc1B1OC(C)(C)C(C)(C)O1. The van der Waals surface area contributed by atoms with Gasteiger partial charge in [-0.3, -0.25) is 0 Å². The summed E-state index contributed by atoms with van der Waals surface area (Å²) in [7, 11) is -0.370. The van der Waals surface area contributed by atoms with E-state index < -0.39 is 0 Å². The quantitative estimate of drug-likeness (QED) is 0.776. The van der Waals surface area contributed by atoms with Gasteiger partial charge in [0.05, 0.1) is 22.8 Å². The first-order chi connectivity index (χ1) is 9.18. The fourth-order valence-electron chi connectivity index (χ4n) is 2.33. The van der Waals surface area contributed by atoms with Gasteiger partial charge >= 0.3 is 7.12 Å². The smallest absolute Gasteiger partial charge is 0.399 e. The summed E-state index contributed by atoms with van der Waals surface area (Å²) in [6, 6.07) is 7.91. The summed E-state index contributed by atoms with van der Waals surface area (Å²) in [6.07, 6.45) is 0. The van der Waals surface area contributed by atoms with Crippen LogP contribution >= 0.6 is 0 Å². The van der Waals surface area contributed by atoms with E-state index >= 15 is 0 Å². The van der Waals surface area contributed by atoms with Crippen LogP contribution in [0.4, 0.5) is 0 Å². The lowest BCUT2D eigenvalue weighted by molar-refractivity contribution is 0.00578. The minimum absolute atomic E-state index is 0.317. The van der Waals surface area contributed by atoms with Crippen LogP contribution in [0.3, 0.4) is 0 Å². The second kappa shape index (κ2) is 4.91. The molecule has 0 amide bonds. The molecule has 0 aromatic heterocycles. The Morgan fingerprint density at radius 1 is 1.10 bits per heavy atom. The van der Waals surface area contributed by atoms with Crippen molar-refractivity contribution in [2.75, 3.05) is 0 Å². The molecule has 0 radical (unpaired) electrons. The number of hydrogen-bond donors (Lipinski definition) is 0. The predicted octanol–water partition coefficient (Wildman–Crippen LogP) is 2.98. The molecule has 0 aliphatic carbocycles. The van der Waals surface area contributed by atoms with Crippen molar-refractivity contribution < 1.29 is 9.31 Å². The van der Waals surface area contributed by atoms with Crippen molar-refractivity contribution in [3.05, 3.63) is 29.3 Å². The number of benzene rings is 1. The van der Waals surface area contributed by atoms with Crippen LogP contribution in [0, 0.1) is 11.3 Å². The second-order valence-electron chi connectivity index (χ2n) is 6.70. The predicted molar refractivity (Wildman–Crippen MR) is 81.0 cm³/mol. The molecule has 0 N–H and O–H groups in total. The van der Waals surface area contributed by atoms with Crippen LogP contribution in [0.1, 0.15) is 58.6 Å².